The van der Waals surface area contributed by atoms with E-state index in [9.17, 15) is 36.9 Å². The van der Waals surface area contributed by atoms with E-state index < -0.39 is 34.6 Å². The molecule has 6 nitrogen and oxygen atoms in total. The Labute approximate surface area is 291 Å². The first kappa shape index (κ1) is 32.7. The largest absolute Gasteiger partial charge is 0.427 e. The maximum absolute atomic E-state index is 13.4. The van der Waals surface area contributed by atoms with Crippen molar-refractivity contribution in [3.63, 3.8) is 0 Å². The molecule has 0 aliphatic heterocycles. The van der Waals surface area contributed by atoms with Crippen molar-refractivity contribution in [2.75, 3.05) is 0 Å². The molecule has 242 valence electrons. The van der Waals surface area contributed by atoms with Gasteiger partial charge in [0.15, 0.2) is 11.1 Å². The lowest BCUT2D eigenvalue weighted by atomic mass is 10.1. The van der Waals surface area contributed by atoms with Gasteiger partial charge in [0.25, 0.3) is 0 Å². The molecular weight excluding hydrogens is 743 g/mol. The van der Waals surface area contributed by atoms with E-state index in [-0.39, 0.29) is 9.75 Å². The summed E-state index contributed by atoms with van der Waals surface area (Å²) in [6.07, 6.45) is -9.90. The van der Waals surface area contributed by atoms with Gasteiger partial charge in [0.1, 0.15) is 24.3 Å². The maximum Gasteiger partial charge on any atom is 0.427 e. The summed E-state index contributed by atoms with van der Waals surface area (Å²) in [6.45, 7) is 0. The third-order valence-corrected chi connectivity index (χ3v) is 14.1. The van der Waals surface area contributed by atoms with Crippen LogP contribution >= 0.6 is 56.7 Å². The normalized spacial score (nSPS) is 13.5. The zero-order valence-electron chi connectivity index (χ0n) is 24.5. The standard InChI is InChI=1S/C32H12F6N6S5/c1-43-17-7-23(21-5-3-19(45-21)13(9-39)15(11-41)31(33,34)35)47-27(17)29-25(43)26-30(49-29)28-18(44(26)2)8-24(48-28)22-6-4-20(46-22)14(10-40)16(12-42)32(36,37)38/h3-8H,1-2H3/b15-13+,16-14+. The van der Waals surface area contributed by atoms with Crippen LogP contribution in [0.4, 0.5) is 26.3 Å². The van der Waals surface area contributed by atoms with E-state index in [1.54, 1.807) is 35.6 Å². The van der Waals surface area contributed by atoms with Crippen LogP contribution in [-0.2, 0) is 14.1 Å². The molecule has 7 rings (SSSR count). The Morgan fingerprint density at radius 1 is 0.531 bits per heavy atom. The van der Waals surface area contributed by atoms with E-state index in [0.717, 1.165) is 85.4 Å². The predicted molar refractivity (Wildman–Crippen MR) is 183 cm³/mol. The van der Waals surface area contributed by atoms with E-state index >= 15 is 0 Å². The highest BCUT2D eigenvalue weighted by Gasteiger charge is 2.39. The molecule has 0 aromatic carbocycles. The van der Waals surface area contributed by atoms with E-state index in [0.29, 0.717) is 9.75 Å². The number of aromatic nitrogens is 2. The Kier molecular flexibility index (Phi) is 7.56. The summed E-state index contributed by atoms with van der Waals surface area (Å²) >= 11 is 6.55. The molecule has 0 saturated carbocycles. The first-order chi connectivity index (χ1) is 23.2. The van der Waals surface area contributed by atoms with Gasteiger partial charge in [0.2, 0.25) is 0 Å². The highest BCUT2D eigenvalue weighted by Crippen LogP contribution is 2.51. The molecule has 0 unspecified atom stereocenters. The Morgan fingerprint density at radius 2 is 0.918 bits per heavy atom. The first-order valence-electron chi connectivity index (χ1n) is 13.6. The Bertz CT molecular complexity index is 2580. The smallest absolute Gasteiger partial charge is 0.340 e. The van der Waals surface area contributed by atoms with Crippen molar-refractivity contribution in [3.8, 4) is 43.8 Å². The van der Waals surface area contributed by atoms with Crippen LogP contribution in [0, 0.1) is 45.3 Å². The van der Waals surface area contributed by atoms with Crippen LogP contribution in [0.3, 0.4) is 0 Å². The number of aryl methyl sites for hydroxylation is 2. The van der Waals surface area contributed by atoms with Gasteiger partial charge in [-0.25, -0.2) is 0 Å². The van der Waals surface area contributed by atoms with Gasteiger partial charge in [-0.1, -0.05) is 0 Å². The minimum Gasteiger partial charge on any atom is -0.340 e. The third-order valence-electron chi connectivity index (χ3n) is 7.79. The lowest BCUT2D eigenvalue weighted by molar-refractivity contribution is -0.0876. The number of alkyl halides is 6. The van der Waals surface area contributed by atoms with Crippen LogP contribution in [0.15, 0.2) is 47.5 Å². The highest BCUT2D eigenvalue weighted by molar-refractivity contribution is 7.36. The molecule has 7 aromatic rings. The van der Waals surface area contributed by atoms with Crippen LogP contribution < -0.4 is 0 Å². The molecule has 0 amide bonds. The van der Waals surface area contributed by atoms with Crippen molar-refractivity contribution in [3.05, 3.63) is 57.3 Å². The summed E-state index contributed by atoms with van der Waals surface area (Å²) in [5, 5.41) is 37.1. The Balaban J connectivity index is 1.31. The number of allylic oxidation sites excluding steroid dienone is 4. The minimum absolute atomic E-state index is 0.0512. The molecule has 17 heteroatoms. The molecular formula is C32H12F6N6S5. The van der Waals surface area contributed by atoms with Gasteiger partial charge in [-0.3, -0.25) is 0 Å². The highest BCUT2D eigenvalue weighted by atomic mass is 32.1. The van der Waals surface area contributed by atoms with Crippen LogP contribution in [0.25, 0.3) is 71.5 Å². The van der Waals surface area contributed by atoms with Crippen molar-refractivity contribution in [1.29, 1.82) is 21.0 Å². The van der Waals surface area contributed by atoms with Gasteiger partial charge in [-0.2, -0.15) is 47.4 Å². The summed E-state index contributed by atoms with van der Waals surface area (Å²) in [7, 11) is 3.87. The molecule has 49 heavy (non-hydrogen) atoms. The van der Waals surface area contributed by atoms with E-state index in [2.05, 4.69) is 9.13 Å². The number of fused-ring (bicyclic) bond motifs is 7. The van der Waals surface area contributed by atoms with Crippen molar-refractivity contribution in [2.24, 2.45) is 14.1 Å². The second kappa shape index (κ2) is 11.3. The summed E-state index contributed by atoms with van der Waals surface area (Å²) in [5.41, 5.74) is -0.639. The number of nitriles is 4. The zero-order chi connectivity index (χ0) is 35.2. The predicted octanol–water partition coefficient (Wildman–Crippen LogP) is 11.3. The third kappa shape index (κ3) is 4.97. The topological polar surface area (TPSA) is 105 Å². The molecule has 0 aliphatic rings. The summed E-state index contributed by atoms with van der Waals surface area (Å²) in [6, 6.07) is 15.3. The molecule has 0 fully saturated rings. The van der Waals surface area contributed by atoms with Gasteiger partial charge < -0.3 is 9.13 Å². The van der Waals surface area contributed by atoms with E-state index in [4.69, 9.17) is 10.5 Å². The van der Waals surface area contributed by atoms with Crippen molar-refractivity contribution in [2.45, 2.75) is 12.4 Å². The monoisotopic (exact) mass is 754 g/mol. The fourth-order valence-corrected chi connectivity index (χ4v) is 11.8. The molecule has 0 aliphatic carbocycles. The Morgan fingerprint density at radius 3 is 1.24 bits per heavy atom. The Hall–Kier alpha value is -4.88. The molecule has 0 N–H and O–H groups in total. The first-order valence-corrected chi connectivity index (χ1v) is 17.7. The number of thiophene rings is 5. The quantitative estimate of drug-likeness (QED) is 0.132. The molecule has 0 bridgehead atoms. The van der Waals surface area contributed by atoms with Crippen LogP contribution in [-0.4, -0.2) is 21.5 Å². The average Bonchev–Trinajstić information content (AvgIpc) is 3.87. The van der Waals surface area contributed by atoms with Crippen molar-refractivity contribution >= 4 is 109 Å². The molecule has 0 saturated heterocycles. The zero-order valence-corrected chi connectivity index (χ0v) is 28.5. The second-order valence-electron chi connectivity index (χ2n) is 10.5. The van der Waals surface area contributed by atoms with Gasteiger partial charge in [-0.05, 0) is 36.4 Å². The number of hydrogen-bond donors (Lipinski definition) is 0. The maximum atomic E-state index is 13.4. The van der Waals surface area contributed by atoms with Gasteiger partial charge in [0.05, 0.1) is 52.0 Å². The van der Waals surface area contributed by atoms with Crippen molar-refractivity contribution in [1.82, 2.24) is 9.13 Å². The lowest BCUT2D eigenvalue weighted by Gasteiger charge is -2.05. The number of rotatable bonds is 4. The summed E-state index contributed by atoms with van der Waals surface area (Å²) < 4.78 is 88.4. The van der Waals surface area contributed by atoms with Crippen LogP contribution in [0.1, 0.15) is 9.75 Å². The minimum atomic E-state index is -4.95. The number of hydrogen-bond acceptors (Lipinski definition) is 9. The van der Waals surface area contributed by atoms with Gasteiger partial charge in [0, 0.05) is 43.4 Å². The SMILES string of the molecule is Cn1c2cc(-c3ccc(/C(C#N)=C(\C#N)C(F)(F)F)s3)sc2c2sc3c4sc(-c5ccc(/C(C#N)=C(\C#N)C(F)(F)F)s5)cc4n(C)c3c21. The van der Waals surface area contributed by atoms with Crippen LogP contribution in [0.5, 0.6) is 0 Å². The molecule has 7 aromatic heterocycles. The summed E-state index contributed by atoms with van der Waals surface area (Å²) in [4.78, 5) is 3.01. The molecule has 0 spiro atoms. The molecule has 7 heterocycles. The molecule has 0 atom stereocenters. The number of halogens is 6. The fraction of sp³-hybridized carbons (Fsp3) is 0.125. The average molecular weight is 755 g/mol. The summed E-state index contributed by atoms with van der Waals surface area (Å²) in [5.74, 6) is 0. The van der Waals surface area contributed by atoms with Crippen molar-refractivity contribution < 1.29 is 26.3 Å². The lowest BCUT2D eigenvalue weighted by Crippen LogP contribution is -2.12. The van der Waals surface area contributed by atoms with Gasteiger partial charge >= 0.3 is 12.4 Å². The van der Waals surface area contributed by atoms with Gasteiger partial charge in [-0.15, -0.1) is 56.7 Å². The van der Waals surface area contributed by atoms with E-state index in [1.165, 1.54) is 34.8 Å². The second-order valence-corrected chi connectivity index (χ2v) is 15.8. The number of nitrogens with zero attached hydrogens (tertiary/aromatic N) is 6. The fourth-order valence-electron chi connectivity index (χ4n) is 5.61. The van der Waals surface area contributed by atoms with E-state index in [1.807, 2.05) is 26.2 Å². The molecule has 0 radical (unpaired) electrons. The van der Waals surface area contributed by atoms with Crippen LogP contribution in [0.2, 0.25) is 0 Å².